The van der Waals surface area contributed by atoms with Crippen LogP contribution in [0.1, 0.15) is 42.0 Å². The van der Waals surface area contributed by atoms with Crippen molar-refractivity contribution in [2.75, 3.05) is 13.7 Å². The number of rotatable bonds is 8. The lowest BCUT2D eigenvalue weighted by Gasteiger charge is -2.30. The van der Waals surface area contributed by atoms with Crippen molar-refractivity contribution < 1.29 is 29.3 Å². The second-order valence-corrected chi connectivity index (χ2v) is 9.88. The van der Waals surface area contributed by atoms with Crippen LogP contribution in [0.4, 0.5) is 0 Å². The highest BCUT2D eigenvalue weighted by Gasteiger charge is 2.55. The number of phenolic OH excluding ortho intramolecular Hbond substituents is 1. The molecule has 2 aromatic rings. The minimum Gasteiger partial charge on any atom is -0.504 e. The van der Waals surface area contributed by atoms with Crippen LogP contribution < -0.4 is 9.61 Å². The Balaban J connectivity index is 1.64. The number of phenols is 1. The molecule has 2 aliphatic heterocycles. The normalized spacial score (nSPS) is 22.0. The maximum atomic E-state index is 13.4. The van der Waals surface area contributed by atoms with Gasteiger partial charge < -0.3 is 19.9 Å². The Kier molecular flexibility index (Phi) is 6.29. The SMILES string of the molecule is COc1cc([C@H]2c3sc(=O)[nH]c3S[C@H]3C(=O)N(CCCCCC(=O)O)C(=O)[C@H]23)ccc1O. The number of aromatic amines is 1. The number of carbonyl (C=O) groups is 3. The number of hydrogen-bond donors (Lipinski definition) is 3. The van der Waals surface area contributed by atoms with Gasteiger partial charge in [-0.05, 0) is 30.5 Å². The zero-order valence-corrected chi connectivity index (χ0v) is 18.8. The number of nitrogens with one attached hydrogen (secondary N) is 1. The quantitative estimate of drug-likeness (QED) is 0.389. The topological polar surface area (TPSA) is 137 Å². The summed E-state index contributed by atoms with van der Waals surface area (Å²) in [7, 11) is 1.43. The number of fused-ring (bicyclic) bond motifs is 2. The highest BCUT2D eigenvalue weighted by molar-refractivity contribution is 8.00. The van der Waals surface area contributed by atoms with E-state index in [2.05, 4.69) is 4.98 Å². The smallest absolute Gasteiger partial charge is 0.305 e. The van der Waals surface area contributed by atoms with Crippen LogP contribution in [0.3, 0.4) is 0 Å². The van der Waals surface area contributed by atoms with E-state index in [0.717, 1.165) is 11.3 Å². The van der Waals surface area contributed by atoms with Gasteiger partial charge in [0.2, 0.25) is 11.8 Å². The lowest BCUT2D eigenvalue weighted by Crippen LogP contribution is -2.33. The fourth-order valence-corrected chi connectivity index (χ4v) is 6.80. The molecule has 170 valence electrons. The highest BCUT2D eigenvalue weighted by atomic mass is 32.2. The van der Waals surface area contributed by atoms with Crippen molar-refractivity contribution in [3.8, 4) is 11.5 Å². The van der Waals surface area contributed by atoms with Gasteiger partial charge in [0.1, 0.15) is 5.25 Å². The number of nitrogens with zero attached hydrogens (tertiary/aromatic N) is 1. The first-order chi connectivity index (χ1) is 15.3. The lowest BCUT2D eigenvalue weighted by atomic mass is 9.83. The molecule has 11 heteroatoms. The summed E-state index contributed by atoms with van der Waals surface area (Å²) in [5.41, 5.74) is 0.677. The Hall–Kier alpha value is -2.79. The van der Waals surface area contributed by atoms with Crippen molar-refractivity contribution in [1.82, 2.24) is 9.88 Å². The molecule has 4 rings (SSSR count). The molecule has 1 aromatic heterocycles. The van der Waals surface area contributed by atoms with Crippen LogP contribution in [-0.4, -0.2) is 56.8 Å². The summed E-state index contributed by atoms with van der Waals surface area (Å²) in [6, 6.07) is 4.78. The zero-order valence-electron chi connectivity index (χ0n) is 17.2. The third kappa shape index (κ3) is 4.02. The molecule has 1 saturated heterocycles. The number of likely N-dealkylation sites (tertiary alicyclic amines) is 1. The Labute approximate surface area is 191 Å². The number of H-pyrrole nitrogens is 1. The van der Waals surface area contributed by atoms with Crippen LogP contribution in [0.2, 0.25) is 0 Å². The van der Waals surface area contributed by atoms with Crippen LogP contribution in [0, 0.1) is 5.92 Å². The second-order valence-electron chi connectivity index (χ2n) is 7.71. The van der Waals surface area contributed by atoms with Crippen LogP contribution in [0.25, 0.3) is 0 Å². The predicted octanol–water partition coefficient (Wildman–Crippen LogP) is 2.39. The number of thioether (sulfide) groups is 1. The van der Waals surface area contributed by atoms with Gasteiger partial charge in [-0.25, -0.2) is 0 Å². The van der Waals surface area contributed by atoms with Gasteiger partial charge in [0.25, 0.3) is 0 Å². The summed E-state index contributed by atoms with van der Waals surface area (Å²) in [4.78, 5) is 53.7. The van der Waals surface area contributed by atoms with Gasteiger partial charge in [-0.15, -0.1) is 0 Å². The monoisotopic (exact) mass is 478 g/mol. The van der Waals surface area contributed by atoms with Crippen LogP contribution in [0.15, 0.2) is 28.0 Å². The number of aromatic nitrogens is 1. The molecular weight excluding hydrogens is 456 g/mol. The molecule has 32 heavy (non-hydrogen) atoms. The van der Waals surface area contributed by atoms with E-state index in [0.29, 0.717) is 34.7 Å². The third-order valence-electron chi connectivity index (χ3n) is 5.75. The second kappa shape index (κ2) is 8.99. The number of thiazole rings is 1. The fourth-order valence-electron chi connectivity index (χ4n) is 4.26. The minimum atomic E-state index is -0.868. The first kappa shape index (κ1) is 22.4. The van der Waals surface area contributed by atoms with Crippen LogP contribution in [-0.2, 0) is 14.4 Å². The molecule has 9 nitrogen and oxygen atoms in total. The van der Waals surface area contributed by atoms with Crippen molar-refractivity contribution in [2.24, 2.45) is 5.92 Å². The number of hydrogen-bond acceptors (Lipinski definition) is 8. The van der Waals surface area contributed by atoms with Crippen molar-refractivity contribution in [2.45, 2.75) is 41.9 Å². The van der Waals surface area contributed by atoms with E-state index in [-0.39, 0.29) is 41.2 Å². The summed E-state index contributed by atoms with van der Waals surface area (Å²) >= 11 is 2.23. The summed E-state index contributed by atoms with van der Waals surface area (Å²) in [6.07, 6.45) is 1.68. The summed E-state index contributed by atoms with van der Waals surface area (Å²) < 4.78 is 5.22. The first-order valence-corrected chi connectivity index (χ1v) is 11.8. The minimum absolute atomic E-state index is 0.0442. The van der Waals surface area contributed by atoms with Crippen molar-refractivity contribution in [3.05, 3.63) is 38.3 Å². The fraction of sp³-hybridized carbons (Fsp3) is 0.429. The number of carbonyl (C=O) groups excluding carboxylic acids is 2. The molecule has 0 saturated carbocycles. The number of aliphatic carboxylic acids is 1. The molecule has 1 aromatic carbocycles. The van der Waals surface area contributed by atoms with Gasteiger partial charge in [-0.2, -0.15) is 0 Å². The van der Waals surface area contributed by atoms with Crippen molar-refractivity contribution >= 4 is 40.9 Å². The van der Waals surface area contributed by atoms with Crippen molar-refractivity contribution in [3.63, 3.8) is 0 Å². The Bertz CT molecular complexity index is 1130. The van der Waals surface area contributed by atoms with E-state index in [1.807, 2.05) is 0 Å². The van der Waals surface area contributed by atoms with E-state index in [1.165, 1.54) is 29.8 Å². The van der Waals surface area contributed by atoms with Gasteiger partial charge in [-0.1, -0.05) is 35.6 Å². The average molecular weight is 479 g/mol. The summed E-state index contributed by atoms with van der Waals surface area (Å²) in [5.74, 6) is -2.46. The Morgan fingerprint density at radius 2 is 1.97 bits per heavy atom. The number of imide groups is 1. The number of carboxylic acids is 1. The standard InChI is InChI=1S/C21H22N2O7S2/c1-30-12-9-10(6-7-11(12)24)14-15-17(31-18-16(14)32-21(29)22-18)20(28)23(19(15)27)8-4-2-3-5-13(25)26/h6-7,9,14-15,17,24H,2-5,8H2,1H3,(H,22,29)(H,25,26)/t14-,15-,17-/m1/s1. The summed E-state index contributed by atoms with van der Waals surface area (Å²) in [5, 5.41) is 18.7. The molecule has 1 fully saturated rings. The van der Waals surface area contributed by atoms with Gasteiger partial charge in [0.05, 0.1) is 18.1 Å². The zero-order chi connectivity index (χ0) is 23.0. The molecule has 3 atom stereocenters. The maximum absolute atomic E-state index is 13.4. The van der Waals surface area contributed by atoms with Gasteiger partial charge in [0, 0.05) is 23.8 Å². The Morgan fingerprint density at radius 3 is 2.69 bits per heavy atom. The maximum Gasteiger partial charge on any atom is 0.305 e. The third-order valence-corrected chi connectivity index (χ3v) is 8.15. The largest absolute Gasteiger partial charge is 0.504 e. The molecule has 0 bridgehead atoms. The number of amides is 2. The van der Waals surface area contributed by atoms with E-state index < -0.39 is 23.1 Å². The van der Waals surface area contributed by atoms with Gasteiger partial charge in [0.15, 0.2) is 11.5 Å². The predicted molar refractivity (Wildman–Crippen MR) is 117 cm³/mol. The highest BCUT2D eigenvalue weighted by Crippen LogP contribution is 2.53. The van der Waals surface area contributed by atoms with E-state index in [4.69, 9.17) is 9.84 Å². The number of benzene rings is 1. The number of aromatic hydroxyl groups is 1. The van der Waals surface area contributed by atoms with E-state index >= 15 is 0 Å². The molecule has 3 heterocycles. The lowest BCUT2D eigenvalue weighted by molar-refractivity contribution is -0.140. The van der Waals surface area contributed by atoms with Gasteiger partial charge in [-0.3, -0.25) is 24.1 Å². The molecule has 3 N–H and O–H groups in total. The number of carboxylic acid groups (broad SMARTS) is 1. The molecule has 0 spiro atoms. The molecule has 2 aliphatic rings. The molecule has 2 amide bonds. The average Bonchev–Trinajstić information content (AvgIpc) is 3.24. The Morgan fingerprint density at radius 1 is 1.19 bits per heavy atom. The first-order valence-electron chi connectivity index (χ1n) is 10.2. The number of unbranched alkanes of at least 4 members (excludes halogenated alkanes) is 2. The van der Waals surface area contributed by atoms with E-state index in [9.17, 15) is 24.3 Å². The van der Waals surface area contributed by atoms with E-state index in [1.54, 1.807) is 12.1 Å². The molecule has 0 radical (unpaired) electrons. The molecule has 0 unspecified atom stereocenters. The number of methoxy groups -OCH3 is 1. The van der Waals surface area contributed by atoms with Crippen LogP contribution >= 0.6 is 23.1 Å². The molecular formula is C21H22N2O7S2. The number of ether oxygens (including phenoxy) is 1. The molecule has 0 aliphatic carbocycles. The van der Waals surface area contributed by atoms with Crippen molar-refractivity contribution in [1.29, 1.82) is 0 Å². The van der Waals surface area contributed by atoms with Crippen LogP contribution in [0.5, 0.6) is 11.5 Å². The van der Waals surface area contributed by atoms with Gasteiger partial charge >= 0.3 is 10.8 Å². The summed E-state index contributed by atoms with van der Waals surface area (Å²) in [6.45, 7) is 0.237.